The molecule has 1 aromatic rings. The molecule has 7 nitrogen and oxygen atoms in total. The molecule has 0 aliphatic carbocycles. The number of anilines is 1. The van der Waals surface area contributed by atoms with E-state index in [1.807, 2.05) is 0 Å². The van der Waals surface area contributed by atoms with Crippen molar-refractivity contribution >= 4 is 23.5 Å². The lowest BCUT2D eigenvalue weighted by Gasteiger charge is -2.17. The van der Waals surface area contributed by atoms with Crippen molar-refractivity contribution in [1.82, 2.24) is 0 Å². The third kappa shape index (κ3) is 2.42. The average molecular weight is 278 g/mol. The Morgan fingerprint density at radius 3 is 2.65 bits per heavy atom. The summed E-state index contributed by atoms with van der Waals surface area (Å²) in [7, 11) is 1.37. The molecule has 0 bridgehead atoms. The number of carbonyl (C=O) groups excluding carboxylic acids is 2. The number of hydrogen-bond acceptors (Lipinski definition) is 4. The molecule has 1 fully saturated rings. The molecule has 1 unspecified atom stereocenters. The number of ether oxygens (including phenoxy) is 1. The van der Waals surface area contributed by atoms with Gasteiger partial charge in [0.2, 0.25) is 11.8 Å². The van der Waals surface area contributed by atoms with Crippen LogP contribution >= 0.6 is 0 Å². The number of hydrogen-bond donors (Lipinski definition) is 2. The first kappa shape index (κ1) is 13.9. The molecule has 0 radical (unpaired) electrons. The van der Waals surface area contributed by atoms with E-state index in [-0.39, 0.29) is 30.2 Å². The highest BCUT2D eigenvalue weighted by Gasteiger charge is 2.34. The monoisotopic (exact) mass is 278 g/mol. The van der Waals surface area contributed by atoms with E-state index < -0.39 is 17.8 Å². The number of nitrogens with two attached hydrogens (primary N) is 1. The standard InChI is InChI=1S/C13H14N2O5/c1-20-10-3-2-8(5-9(10)13(18)19)15-6-7(12(14)17)4-11(15)16/h2-3,5,7H,4,6H2,1H3,(H2,14,17)(H,18,19). The zero-order valence-corrected chi connectivity index (χ0v) is 10.8. The number of benzene rings is 1. The molecule has 3 N–H and O–H groups in total. The van der Waals surface area contributed by atoms with E-state index in [0.717, 1.165) is 0 Å². The van der Waals surface area contributed by atoms with Crippen molar-refractivity contribution in [2.75, 3.05) is 18.6 Å². The van der Waals surface area contributed by atoms with Gasteiger partial charge in [-0.2, -0.15) is 0 Å². The number of amides is 2. The second kappa shape index (κ2) is 5.20. The van der Waals surface area contributed by atoms with Gasteiger partial charge in [0.1, 0.15) is 11.3 Å². The summed E-state index contributed by atoms with van der Waals surface area (Å²) in [6.07, 6.45) is 0.0454. The molecule has 1 heterocycles. The van der Waals surface area contributed by atoms with Crippen LogP contribution in [0.2, 0.25) is 0 Å². The van der Waals surface area contributed by atoms with E-state index in [4.69, 9.17) is 15.6 Å². The lowest BCUT2D eigenvalue weighted by molar-refractivity contribution is -0.123. The summed E-state index contributed by atoms with van der Waals surface area (Å²) in [5.41, 5.74) is 5.56. The second-order valence-electron chi connectivity index (χ2n) is 4.50. The minimum Gasteiger partial charge on any atom is -0.496 e. The summed E-state index contributed by atoms with van der Waals surface area (Å²) >= 11 is 0. The van der Waals surface area contributed by atoms with Gasteiger partial charge in [0.25, 0.3) is 0 Å². The number of aromatic carboxylic acids is 1. The van der Waals surface area contributed by atoms with Gasteiger partial charge in [-0.25, -0.2) is 4.79 Å². The third-order valence-corrected chi connectivity index (χ3v) is 3.25. The summed E-state index contributed by atoms with van der Waals surface area (Å²) in [6.45, 7) is 0.166. The van der Waals surface area contributed by atoms with Crippen LogP contribution in [-0.2, 0) is 9.59 Å². The van der Waals surface area contributed by atoms with Crippen LogP contribution in [0.4, 0.5) is 5.69 Å². The topological polar surface area (TPSA) is 110 Å². The molecule has 1 atom stereocenters. The quantitative estimate of drug-likeness (QED) is 0.819. The van der Waals surface area contributed by atoms with E-state index in [1.54, 1.807) is 6.07 Å². The number of rotatable bonds is 4. The van der Waals surface area contributed by atoms with E-state index in [0.29, 0.717) is 5.69 Å². The number of carboxylic acids is 1. The Balaban J connectivity index is 2.34. The highest BCUT2D eigenvalue weighted by Crippen LogP contribution is 2.29. The number of carbonyl (C=O) groups is 3. The van der Waals surface area contributed by atoms with Crippen LogP contribution in [-0.4, -0.2) is 36.5 Å². The van der Waals surface area contributed by atoms with E-state index in [9.17, 15) is 14.4 Å². The number of primary amides is 1. The molecule has 106 valence electrons. The van der Waals surface area contributed by atoms with E-state index >= 15 is 0 Å². The van der Waals surface area contributed by atoms with Crippen molar-refractivity contribution in [3.05, 3.63) is 23.8 Å². The molecule has 2 rings (SSSR count). The van der Waals surface area contributed by atoms with Gasteiger partial charge in [-0.1, -0.05) is 0 Å². The number of carboxylic acid groups (broad SMARTS) is 1. The average Bonchev–Trinajstić information content (AvgIpc) is 2.80. The molecule has 0 aromatic heterocycles. The number of methoxy groups -OCH3 is 1. The fourth-order valence-corrected chi connectivity index (χ4v) is 2.18. The molecule has 1 aromatic carbocycles. The lowest BCUT2D eigenvalue weighted by atomic mass is 10.1. The first-order chi connectivity index (χ1) is 9.43. The van der Waals surface area contributed by atoms with Gasteiger partial charge in [0.15, 0.2) is 0 Å². The zero-order chi connectivity index (χ0) is 14.9. The van der Waals surface area contributed by atoms with Gasteiger partial charge in [-0.15, -0.1) is 0 Å². The fourth-order valence-electron chi connectivity index (χ4n) is 2.18. The Kier molecular flexibility index (Phi) is 3.60. The SMILES string of the molecule is COc1ccc(N2CC(C(N)=O)CC2=O)cc1C(=O)O. The van der Waals surface area contributed by atoms with Crippen molar-refractivity contribution in [3.8, 4) is 5.75 Å². The van der Waals surface area contributed by atoms with Gasteiger partial charge in [-0.3, -0.25) is 9.59 Å². The first-order valence-electron chi connectivity index (χ1n) is 5.95. The minimum atomic E-state index is -1.15. The highest BCUT2D eigenvalue weighted by atomic mass is 16.5. The molecule has 20 heavy (non-hydrogen) atoms. The Bertz CT molecular complexity index is 584. The molecule has 0 spiro atoms. The maximum atomic E-state index is 11.9. The maximum absolute atomic E-state index is 11.9. The van der Waals surface area contributed by atoms with Gasteiger partial charge >= 0.3 is 5.97 Å². The van der Waals surface area contributed by atoms with E-state index in [2.05, 4.69) is 0 Å². The van der Waals surface area contributed by atoms with Crippen molar-refractivity contribution in [2.24, 2.45) is 11.7 Å². The molecular weight excluding hydrogens is 264 g/mol. The summed E-state index contributed by atoms with van der Waals surface area (Å²) in [4.78, 5) is 35.5. The zero-order valence-electron chi connectivity index (χ0n) is 10.8. The van der Waals surface area contributed by atoms with Crippen LogP contribution in [0, 0.1) is 5.92 Å². The Hall–Kier alpha value is -2.57. The molecule has 1 saturated heterocycles. The molecular formula is C13H14N2O5. The maximum Gasteiger partial charge on any atom is 0.339 e. The van der Waals surface area contributed by atoms with Gasteiger partial charge < -0.3 is 20.5 Å². The Morgan fingerprint density at radius 1 is 1.45 bits per heavy atom. The Morgan fingerprint density at radius 2 is 2.15 bits per heavy atom. The molecule has 7 heteroatoms. The van der Waals surface area contributed by atoms with Crippen molar-refractivity contribution in [1.29, 1.82) is 0 Å². The van der Waals surface area contributed by atoms with E-state index in [1.165, 1.54) is 24.1 Å². The highest BCUT2D eigenvalue weighted by molar-refractivity contribution is 6.01. The summed E-state index contributed by atoms with van der Waals surface area (Å²) in [5.74, 6) is -2.28. The molecule has 1 aliphatic rings. The van der Waals surface area contributed by atoms with Crippen LogP contribution in [0.15, 0.2) is 18.2 Å². The predicted octanol–water partition coefficient (Wildman–Crippen LogP) is 0.232. The first-order valence-corrected chi connectivity index (χ1v) is 5.95. The normalized spacial score (nSPS) is 18.1. The fraction of sp³-hybridized carbons (Fsp3) is 0.308. The molecule has 1 aliphatic heterocycles. The Labute approximate surface area is 114 Å². The predicted molar refractivity (Wildman–Crippen MR) is 69.6 cm³/mol. The number of nitrogens with zero attached hydrogens (tertiary/aromatic N) is 1. The van der Waals surface area contributed by atoms with Gasteiger partial charge in [-0.05, 0) is 18.2 Å². The van der Waals surface area contributed by atoms with Crippen LogP contribution in [0.1, 0.15) is 16.8 Å². The summed E-state index contributed by atoms with van der Waals surface area (Å²) in [5, 5.41) is 9.11. The van der Waals surface area contributed by atoms with Crippen LogP contribution in [0.25, 0.3) is 0 Å². The summed E-state index contributed by atoms with van der Waals surface area (Å²) in [6, 6.07) is 4.40. The largest absolute Gasteiger partial charge is 0.496 e. The minimum absolute atomic E-state index is 0.0414. The van der Waals surface area contributed by atoms with Crippen molar-refractivity contribution in [2.45, 2.75) is 6.42 Å². The second-order valence-corrected chi connectivity index (χ2v) is 4.50. The molecule has 0 saturated carbocycles. The van der Waals surface area contributed by atoms with Crippen molar-refractivity contribution in [3.63, 3.8) is 0 Å². The van der Waals surface area contributed by atoms with Gasteiger partial charge in [0.05, 0.1) is 13.0 Å². The summed E-state index contributed by atoms with van der Waals surface area (Å²) < 4.78 is 4.95. The lowest BCUT2D eigenvalue weighted by Crippen LogP contribution is -2.28. The molecule has 2 amide bonds. The van der Waals surface area contributed by atoms with Crippen LogP contribution in [0.5, 0.6) is 5.75 Å². The smallest absolute Gasteiger partial charge is 0.339 e. The third-order valence-electron chi connectivity index (χ3n) is 3.25. The van der Waals surface area contributed by atoms with Crippen molar-refractivity contribution < 1.29 is 24.2 Å². The van der Waals surface area contributed by atoms with Crippen LogP contribution < -0.4 is 15.4 Å². The van der Waals surface area contributed by atoms with Gasteiger partial charge in [0, 0.05) is 18.7 Å². The van der Waals surface area contributed by atoms with Crippen LogP contribution in [0.3, 0.4) is 0 Å².